The van der Waals surface area contributed by atoms with Crippen LogP contribution in [0.5, 0.6) is 0 Å². The zero-order valence-electron chi connectivity index (χ0n) is 10.6. The Balaban J connectivity index is 2.64. The van der Waals surface area contributed by atoms with Crippen molar-refractivity contribution in [1.82, 2.24) is 9.62 Å². The minimum Gasteiger partial charge on any atom is -0.313 e. The molecule has 5 heteroatoms. The first kappa shape index (κ1) is 13.9. The maximum atomic E-state index is 11.9. The lowest BCUT2D eigenvalue weighted by molar-refractivity contribution is 0.283. The standard InChI is InChI=1S/C11H24N2O2S/c1-4-16(14,15)13(10(2)3)9-11-7-5-6-8-12-11/h10-12H,4-9H2,1-3H3. The number of hydrogen-bond donors (Lipinski definition) is 1. The molecule has 4 nitrogen and oxygen atoms in total. The van der Waals surface area contributed by atoms with Gasteiger partial charge in [-0.2, -0.15) is 4.31 Å². The van der Waals surface area contributed by atoms with E-state index in [0.717, 1.165) is 13.0 Å². The van der Waals surface area contributed by atoms with Gasteiger partial charge in [0, 0.05) is 18.6 Å². The summed E-state index contributed by atoms with van der Waals surface area (Å²) in [5.74, 6) is 0.192. The lowest BCUT2D eigenvalue weighted by Crippen LogP contribution is -2.48. The predicted molar refractivity (Wildman–Crippen MR) is 66.9 cm³/mol. The molecule has 1 rings (SSSR count). The quantitative estimate of drug-likeness (QED) is 0.795. The highest BCUT2D eigenvalue weighted by atomic mass is 32.2. The number of piperidine rings is 1. The fourth-order valence-electron chi connectivity index (χ4n) is 2.11. The Morgan fingerprint density at radius 3 is 2.50 bits per heavy atom. The highest BCUT2D eigenvalue weighted by molar-refractivity contribution is 7.89. The summed E-state index contributed by atoms with van der Waals surface area (Å²) in [5.41, 5.74) is 0. The third-order valence-corrected chi connectivity index (χ3v) is 5.13. The fourth-order valence-corrected chi connectivity index (χ4v) is 3.49. The third kappa shape index (κ3) is 3.71. The molecule has 0 aromatic rings. The van der Waals surface area contributed by atoms with E-state index in [1.165, 1.54) is 12.8 Å². The van der Waals surface area contributed by atoms with Gasteiger partial charge < -0.3 is 5.32 Å². The van der Waals surface area contributed by atoms with E-state index in [2.05, 4.69) is 5.32 Å². The Hall–Kier alpha value is -0.130. The third-order valence-electron chi connectivity index (χ3n) is 3.11. The molecule has 1 atom stereocenters. The van der Waals surface area contributed by atoms with E-state index in [9.17, 15) is 8.42 Å². The van der Waals surface area contributed by atoms with E-state index in [4.69, 9.17) is 0 Å². The average Bonchev–Trinajstić information content (AvgIpc) is 2.26. The lowest BCUT2D eigenvalue weighted by atomic mass is 10.1. The van der Waals surface area contributed by atoms with Gasteiger partial charge in [0.05, 0.1) is 5.75 Å². The molecule has 1 fully saturated rings. The Morgan fingerprint density at radius 2 is 2.06 bits per heavy atom. The van der Waals surface area contributed by atoms with Gasteiger partial charge in [-0.25, -0.2) is 8.42 Å². The molecule has 1 N–H and O–H groups in total. The average molecular weight is 248 g/mol. The molecule has 16 heavy (non-hydrogen) atoms. The first-order valence-electron chi connectivity index (χ1n) is 6.20. The van der Waals surface area contributed by atoms with Gasteiger partial charge in [-0.3, -0.25) is 0 Å². The smallest absolute Gasteiger partial charge is 0.214 e. The van der Waals surface area contributed by atoms with Crippen molar-refractivity contribution in [2.45, 2.75) is 52.1 Å². The van der Waals surface area contributed by atoms with Gasteiger partial charge in [0.1, 0.15) is 0 Å². The van der Waals surface area contributed by atoms with E-state index < -0.39 is 10.0 Å². The first-order valence-corrected chi connectivity index (χ1v) is 7.81. The molecule has 0 aromatic carbocycles. The van der Waals surface area contributed by atoms with E-state index in [-0.39, 0.29) is 11.8 Å². The highest BCUT2D eigenvalue weighted by Crippen LogP contribution is 2.13. The molecule has 0 amide bonds. The second kappa shape index (κ2) is 5.98. The van der Waals surface area contributed by atoms with Crippen molar-refractivity contribution >= 4 is 10.0 Å². The van der Waals surface area contributed by atoms with Crippen LogP contribution in [0.3, 0.4) is 0 Å². The summed E-state index contributed by atoms with van der Waals surface area (Å²) in [4.78, 5) is 0. The largest absolute Gasteiger partial charge is 0.313 e. The van der Waals surface area contributed by atoms with Crippen LogP contribution in [0, 0.1) is 0 Å². The molecule has 1 aliphatic heterocycles. The fraction of sp³-hybridized carbons (Fsp3) is 1.00. The van der Waals surface area contributed by atoms with E-state index in [0.29, 0.717) is 12.6 Å². The molecule has 1 saturated heterocycles. The van der Waals surface area contributed by atoms with Crippen LogP contribution in [-0.2, 0) is 10.0 Å². The second-order valence-electron chi connectivity index (χ2n) is 4.71. The Morgan fingerprint density at radius 1 is 1.38 bits per heavy atom. The van der Waals surface area contributed by atoms with Gasteiger partial charge in [0.2, 0.25) is 10.0 Å². The summed E-state index contributed by atoms with van der Waals surface area (Å²) in [5, 5.41) is 3.39. The van der Waals surface area contributed by atoms with Crippen molar-refractivity contribution < 1.29 is 8.42 Å². The summed E-state index contributed by atoms with van der Waals surface area (Å²) in [7, 11) is -3.07. The van der Waals surface area contributed by atoms with Crippen molar-refractivity contribution in [1.29, 1.82) is 0 Å². The number of nitrogens with one attached hydrogen (secondary N) is 1. The monoisotopic (exact) mass is 248 g/mol. The molecule has 0 aliphatic carbocycles. The maximum absolute atomic E-state index is 11.9. The van der Waals surface area contributed by atoms with Crippen LogP contribution in [0.1, 0.15) is 40.0 Å². The van der Waals surface area contributed by atoms with Crippen LogP contribution in [0.15, 0.2) is 0 Å². The number of hydrogen-bond acceptors (Lipinski definition) is 3. The highest BCUT2D eigenvalue weighted by Gasteiger charge is 2.26. The molecule has 0 bridgehead atoms. The van der Waals surface area contributed by atoms with Crippen molar-refractivity contribution in [2.24, 2.45) is 0 Å². The molecule has 1 aliphatic rings. The van der Waals surface area contributed by atoms with Gasteiger partial charge in [0.25, 0.3) is 0 Å². The predicted octanol–water partition coefficient (Wildman–Crippen LogP) is 1.19. The topological polar surface area (TPSA) is 49.4 Å². The second-order valence-corrected chi connectivity index (χ2v) is 6.92. The normalized spacial score (nSPS) is 22.9. The minimum absolute atomic E-state index is 0.0497. The molecular weight excluding hydrogens is 224 g/mol. The van der Waals surface area contributed by atoms with Gasteiger partial charge in [-0.15, -0.1) is 0 Å². The van der Waals surface area contributed by atoms with Crippen molar-refractivity contribution in [3.63, 3.8) is 0 Å². The summed E-state index contributed by atoms with van der Waals surface area (Å²) in [6, 6.07) is 0.381. The lowest BCUT2D eigenvalue weighted by Gasteiger charge is -2.32. The molecule has 0 radical (unpaired) electrons. The van der Waals surface area contributed by atoms with E-state index in [1.807, 2.05) is 13.8 Å². The molecular formula is C11H24N2O2S. The van der Waals surface area contributed by atoms with Crippen LogP contribution in [0.25, 0.3) is 0 Å². The first-order chi connectivity index (χ1) is 7.47. The van der Waals surface area contributed by atoms with Crippen LogP contribution in [-0.4, -0.2) is 43.6 Å². The molecule has 0 spiro atoms. The summed E-state index contributed by atoms with van der Waals surface area (Å²) >= 11 is 0. The molecule has 1 unspecified atom stereocenters. The Labute approximate surface area is 99.5 Å². The summed E-state index contributed by atoms with van der Waals surface area (Å²) in [6.07, 6.45) is 3.50. The maximum Gasteiger partial charge on any atom is 0.214 e. The van der Waals surface area contributed by atoms with Gasteiger partial charge in [0.15, 0.2) is 0 Å². The van der Waals surface area contributed by atoms with Crippen LogP contribution >= 0.6 is 0 Å². The van der Waals surface area contributed by atoms with Gasteiger partial charge in [-0.1, -0.05) is 6.42 Å². The van der Waals surface area contributed by atoms with Gasteiger partial charge in [-0.05, 0) is 40.2 Å². The van der Waals surface area contributed by atoms with E-state index >= 15 is 0 Å². The van der Waals surface area contributed by atoms with Crippen molar-refractivity contribution in [3.8, 4) is 0 Å². The minimum atomic E-state index is -3.07. The SMILES string of the molecule is CCS(=O)(=O)N(CC1CCCCN1)C(C)C. The molecule has 0 aromatic heterocycles. The zero-order chi connectivity index (χ0) is 12.2. The Kier molecular flexibility index (Phi) is 5.21. The van der Waals surface area contributed by atoms with Crippen molar-refractivity contribution in [2.75, 3.05) is 18.8 Å². The van der Waals surface area contributed by atoms with Crippen LogP contribution in [0.4, 0.5) is 0 Å². The number of nitrogens with zero attached hydrogens (tertiary/aromatic N) is 1. The summed E-state index contributed by atoms with van der Waals surface area (Å²) in [6.45, 7) is 7.22. The van der Waals surface area contributed by atoms with E-state index in [1.54, 1.807) is 11.2 Å². The molecule has 1 heterocycles. The molecule has 96 valence electrons. The summed E-state index contributed by atoms with van der Waals surface area (Å²) < 4.78 is 25.5. The number of rotatable bonds is 5. The van der Waals surface area contributed by atoms with Gasteiger partial charge >= 0.3 is 0 Å². The van der Waals surface area contributed by atoms with Crippen LogP contribution in [0.2, 0.25) is 0 Å². The zero-order valence-corrected chi connectivity index (χ0v) is 11.4. The van der Waals surface area contributed by atoms with Crippen molar-refractivity contribution in [3.05, 3.63) is 0 Å². The number of sulfonamides is 1. The molecule has 0 saturated carbocycles. The van der Waals surface area contributed by atoms with Crippen LogP contribution < -0.4 is 5.32 Å². The Bertz CT molecular complexity index is 295.